The van der Waals surface area contributed by atoms with Crippen LogP contribution in [0.4, 0.5) is 0 Å². The molecule has 1 aliphatic rings. The van der Waals surface area contributed by atoms with Gasteiger partial charge in [-0.1, -0.05) is 44.2 Å². The molecule has 0 aliphatic carbocycles. The van der Waals surface area contributed by atoms with Gasteiger partial charge < -0.3 is 0 Å². The molecule has 1 fully saturated rings. The van der Waals surface area contributed by atoms with E-state index in [0.717, 1.165) is 24.4 Å². The van der Waals surface area contributed by atoms with Crippen molar-refractivity contribution in [2.45, 2.75) is 39.8 Å². The highest BCUT2D eigenvalue weighted by Gasteiger charge is 2.30. The summed E-state index contributed by atoms with van der Waals surface area (Å²) in [5.74, 6) is 1.71. The second-order valence-electron chi connectivity index (χ2n) is 5.50. The van der Waals surface area contributed by atoms with Crippen LogP contribution in [0.5, 0.6) is 0 Å². The molecule has 0 bridgehead atoms. The summed E-state index contributed by atoms with van der Waals surface area (Å²) in [6.07, 6.45) is 1.37. The summed E-state index contributed by atoms with van der Waals surface area (Å²) in [4.78, 5) is 2.62. The first-order chi connectivity index (χ1) is 7.66. The molecule has 0 spiro atoms. The average Bonchev–Trinajstić information content (AvgIpc) is 2.62. The zero-order chi connectivity index (χ0) is 11.5. The number of likely N-dealkylation sites (tertiary alicyclic amines) is 1. The lowest BCUT2D eigenvalue weighted by Crippen LogP contribution is -2.26. The van der Waals surface area contributed by atoms with Crippen LogP contribution in [0.2, 0.25) is 0 Å². The highest BCUT2D eigenvalue weighted by atomic mass is 15.2. The van der Waals surface area contributed by atoms with Gasteiger partial charge in [0.05, 0.1) is 0 Å². The highest BCUT2D eigenvalue weighted by molar-refractivity contribution is 5.14. The average molecular weight is 217 g/mol. The third-order valence-corrected chi connectivity index (χ3v) is 3.91. The van der Waals surface area contributed by atoms with Crippen molar-refractivity contribution in [3.63, 3.8) is 0 Å². The fourth-order valence-corrected chi connectivity index (χ4v) is 2.66. The molecule has 0 N–H and O–H groups in total. The molecule has 2 atom stereocenters. The lowest BCUT2D eigenvalue weighted by Gasteiger charge is -2.21. The molecule has 1 nitrogen and oxygen atoms in total. The van der Waals surface area contributed by atoms with Crippen molar-refractivity contribution in [3.05, 3.63) is 35.9 Å². The van der Waals surface area contributed by atoms with E-state index in [1.165, 1.54) is 18.5 Å². The summed E-state index contributed by atoms with van der Waals surface area (Å²) in [5.41, 5.74) is 1.44. The van der Waals surface area contributed by atoms with Crippen LogP contribution < -0.4 is 0 Å². The van der Waals surface area contributed by atoms with Crippen molar-refractivity contribution in [2.24, 2.45) is 11.8 Å². The Hall–Kier alpha value is -0.820. The zero-order valence-corrected chi connectivity index (χ0v) is 10.7. The Morgan fingerprint density at radius 1 is 1.25 bits per heavy atom. The third-order valence-electron chi connectivity index (χ3n) is 3.91. The Labute approximate surface area is 99.5 Å². The second-order valence-corrected chi connectivity index (χ2v) is 5.50. The highest BCUT2D eigenvalue weighted by Crippen LogP contribution is 2.29. The molecule has 1 aromatic rings. The maximum Gasteiger partial charge on any atom is 0.0236 e. The first kappa shape index (κ1) is 11.7. The van der Waals surface area contributed by atoms with E-state index in [2.05, 4.69) is 56.0 Å². The minimum Gasteiger partial charge on any atom is -0.296 e. The Bertz CT molecular complexity index is 317. The van der Waals surface area contributed by atoms with Crippen LogP contribution in [0.1, 0.15) is 32.8 Å². The molecule has 1 aromatic carbocycles. The summed E-state index contributed by atoms with van der Waals surface area (Å²) in [6.45, 7) is 9.46. The van der Waals surface area contributed by atoms with Gasteiger partial charge in [-0.05, 0) is 30.7 Å². The predicted molar refractivity (Wildman–Crippen MR) is 69.3 cm³/mol. The normalized spacial score (nSPS) is 26.5. The maximum absolute atomic E-state index is 2.62. The molecule has 88 valence electrons. The summed E-state index contributed by atoms with van der Waals surface area (Å²) >= 11 is 0. The van der Waals surface area contributed by atoms with Crippen LogP contribution in [0.3, 0.4) is 0 Å². The van der Waals surface area contributed by atoms with Crippen LogP contribution >= 0.6 is 0 Å². The minimum absolute atomic E-state index is 0.743. The zero-order valence-electron chi connectivity index (χ0n) is 10.7. The molecule has 0 aromatic heterocycles. The van der Waals surface area contributed by atoms with Gasteiger partial charge in [0.1, 0.15) is 0 Å². The van der Waals surface area contributed by atoms with Gasteiger partial charge in [0.15, 0.2) is 0 Å². The lowest BCUT2D eigenvalue weighted by molar-refractivity contribution is 0.250. The first-order valence-electron chi connectivity index (χ1n) is 6.45. The van der Waals surface area contributed by atoms with Crippen molar-refractivity contribution < 1.29 is 0 Å². The van der Waals surface area contributed by atoms with E-state index in [1.54, 1.807) is 0 Å². The molecule has 0 radical (unpaired) electrons. The summed E-state index contributed by atoms with van der Waals surface area (Å²) in [6, 6.07) is 11.6. The molecular weight excluding hydrogens is 194 g/mol. The molecule has 16 heavy (non-hydrogen) atoms. The van der Waals surface area contributed by atoms with E-state index in [-0.39, 0.29) is 0 Å². The van der Waals surface area contributed by atoms with Gasteiger partial charge in [0.25, 0.3) is 0 Å². The van der Waals surface area contributed by atoms with Gasteiger partial charge in [-0.2, -0.15) is 0 Å². The molecule has 1 aliphatic heterocycles. The van der Waals surface area contributed by atoms with Crippen molar-refractivity contribution in [1.29, 1.82) is 0 Å². The van der Waals surface area contributed by atoms with Gasteiger partial charge in [-0.25, -0.2) is 0 Å². The Morgan fingerprint density at radius 3 is 2.50 bits per heavy atom. The smallest absolute Gasteiger partial charge is 0.0236 e. The largest absolute Gasteiger partial charge is 0.296 e. The molecule has 1 saturated heterocycles. The molecule has 0 saturated carbocycles. The third kappa shape index (κ3) is 2.65. The van der Waals surface area contributed by atoms with Gasteiger partial charge >= 0.3 is 0 Å². The van der Waals surface area contributed by atoms with E-state index >= 15 is 0 Å². The molecule has 1 heterocycles. The molecule has 2 rings (SSSR count). The number of benzene rings is 1. The molecule has 1 heteroatoms. The minimum atomic E-state index is 0.743. The number of nitrogens with zero attached hydrogens (tertiary/aromatic N) is 1. The van der Waals surface area contributed by atoms with Crippen LogP contribution in [0, 0.1) is 11.8 Å². The fraction of sp³-hybridized carbons (Fsp3) is 0.600. The van der Waals surface area contributed by atoms with Gasteiger partial charge in [-0.15, -0.1) is 0 Å². The Kier molecular flexibility index (Phi) is 3.65. The fourth-order valence-electron chi connectivity index (χ4n) is 2.66. The van der Waals surface area contributed by atoms with E-state index in [0.29, 0.717) is 0 Å². The van der Waals surface area contributed by atoms with Crippen LogP contribution in [0.25, 0.3) is 0 Å². The standard InChI is InChI=1S/C15H23N/c1-12(2)15-9-13(3)16(11-15)10-14-7-5-4-6-8-14/h4-8,12-13,15H,9-11H2,1-3H3. The van der Waals surface area contributed by atoms with E-state index in [1.807, 2.05) is 0 Å². The lowest BCUT2D eigenvalue weighted by atomic mass is 9.94. The quantitative estimate of drug-likeness (QED) is 0.748. The number of hydrogen-bond donors (Lipinski definition) is 0. The second kappa shape index (κ2) is 5.01. The Morgan fingerprint density at radius 2 is 1.94 bits per heavy atom. The number of rotatable bonds is 3. The van der Waals surface area contributed by atoms with Crippen LogP contribution in [-0.4, -0.2) is 17.5 Å². The SMILES string of the molecule is CC(C)C1CC(C)N(Cc2ccccc2)C1. The van der Waals surface area contributed by atoms with Crippen LogP contribution in [-0.2, 0) is 6.54 Å². The summed E-state index contributed by atoms with van der Waals surface area (Å²) in [5, 5.41) is 0. The van der Waals surface area contributed by atoms with Crippen molar-refractivity contribution in [3.8, 4) is 0 Å². The van der Waals surface area contributed by atoms with E-state index in [9.17, 15) is 0 Å². The Balaban J connectivity index is 1.96. The van der Waals surface area contributed by atoms with Crippen LogP contribution in [0.15, 0.2) is 30.3 Å². The van der Waals surface area contributed by atoms with Gasteiger partial charge in [0, 0.05) is 19.1 Å². The monoisotopic (exact) mass is 217 g/mol. The topological polar surface area (TPSA) is 3.24 Å². The first-order valence-corrected chi connectivity index (χ1v) is 6.45. The van der Waals surface area contributed by atoms with Crippen molar-refractivity contribution in [2.75, 3.05) is 6.54 Å². The number of hydrogen-bond acceptors (Lipinski definition) is 1. The van der Waals surface area contributed by atoms with Gasteiger partial charge in [-0.3, -0.25) is 4.90 Å². The van der Waals surface area contributed by atoms with Crippen molar-refractivity contribution >= 4 is 0 Å². The maximum atomic E-state index is 2.62. The van der Waals surface area contributed by atoms with E-state index < -0.39 is 0 Å². The predicted octanol–water partition coefficient (Wildman–Crippen LogP) is 3.55. The summed E-state index contributed by atoms with van der Waals surface area (Å²) < 4.78 is 0. The molecular formula is C15H23N. The van der Waals surface area contributed by atoms with Crippen molar-refractivity contribution in [1.82, 2.24) is 4.90 Å². The molecule has 0 amide bonds. The molecule has 2 unspecified atom stereocenters. The summed E-state index contributed by atoms with van der Waals surface area (Å²) in [7, 11) is 0. The van der Waals surface area contributed by atoms with Gasteiger partial charge in [0.2, 0.25) is 0 Å². The van der Waals surface area contributed by atoms with E-state index in [4.69, 9.17) is 0 Å².